The largest absolute Gasteiger partial charge is 0.349 e. The number of para-hydroxylation sites is 1. The molecule has 0 fully saturated rings. The Labute approximate surface area is 124 Å². The number of nitrogens with one attached hydrogen (secondary N) is 1. The van der Waals surface area contributed by atoms with Gasteiger partial charge >= 0.3 is 0 Å². The van der Waals surface area contributed by atoms with Gasteiger partial charge in [0, 0.05) is 26.8 Å². The fourth-order valence-electron chi connectivity index (χ4n) is 2.01. The van der Waals surface area contributed by atoms with E-state index in [1.165, 1.54) is 10.3 Å². The molecule has 0 unspecified atom stereocenters. The van der Waals surface area contributed by atoms with Gasteiger partial charge in [-0.1, -0.05) is 52.0 Å². The van der Waals surface area contributed by atoms with E-state index in [0.29, 0.717) is 6.54 Å². The van der Waals surface area contributed by atoms with Crippen LogP contribution < -0.4 is 5.73 Å². The monoisotopic (exact) mass is 332 g/mol. The van der Waals surface area contributed by atoms with Crippen molar-refractivity contribution in [1.29, 1.82) is 0 Å². The average molecular weight is 333 g/mol. The molecule has 0 bridgehead atoms. The quantitative estimate of drug-likeness (QED) is 0.739. The van der Waals surface area contributed by atoms with E-state index in [0.717, 1.165) is 20.6 Å². The molecule has 0 spiro atoms. The normalized spacial score (nSPS) is 11.1. The number of halogens is 1. The van der Waals surface area contributed by atoms with Crippen molar-refractivity contribution in [2.45, 2.75) is 16.5 Å². The van der Waals surface area contributed by atoms with Gasteiger partial charge in [-0.25, -0.2) is 0 Å². The number of nitrogens with two attached hydrogens (primary N) is 1. The third-order valence-electron chi connectivity index (χ3n) is 2.97. The van der Waals surface area contributed by atoms with E-state index in [4.69, 9.17) is 5.73 Å². The van der Waals surface area contributed by atoms with Gasteiger partial charge in [0.2, 0.25) is 0 Å². The summed E-state index contributed by atoms with van der Waals surface area (Å²) in [7, 11) is 0. The standard InChI is InChI=1S/C15H13BrN2S/c16-12-6-5-11(9-17)14(8-12)19-15-7-10-3-1-2-4-13(10)18-15/h1-8,18H,9,17H2. The van der Waals surface area contributed by atoms with Gasteiger partial charge in [-0.05, 0) is 29.8 Å². The summed E-state index contributed by atoms with van der Waals surface area (Å²) in [5, 5.41) is 2.36. The summed E-state index contributed by atoms with van der Waals surface area (Å²) >= 11 is 5.22. The number of fused-ring (bicyclic) bond motifs is 1. The fraction of sp³-hybridized carbons (Fsp3) is 0.0667. The molecule has 0 saturated heterocycles. The second kappa shape index (κ2) is 5.41. The molecule has 1 heterocycles. The number of hydrogen-bond acceptors (Lipinski definition) is 2. The molecule has 2 nitrogen and oxygen atoms in total. The van der Waals surface area contributed by atoms with Crippen LogP contribution >= 0.6 is 27.7 Å². The molecule has 3 N–H and O–H groups in total. The van der Waals surface area contributed by atoms with Gasteiger partial charge in [-0.15, -0.1) is 0 Å². The highest BCUT2D eigenvalue weighted by molar-refractivity contribution is 9.10. The Hall–Kier alpha value is -1.23. The topological polar surface area (TPSA) is 41.8 Å². The first-order chi connectivity index (χ1) is 9.26. The molecule has 0 aliphatic carbocycles. The van der Waals surface area contributed by atoms with Crippen molar-refractivity contribution in [3.05, 3.63) is 58.6 Å². The Morgan fingerprint density at radius 1 is 1.11 bits per heavy atom. The van der Waals surface area contributed by atoms with Gasteiger partial charge in [-0.3, -0.25) is 0 Å². The van der Waals surface area contributed by atoms with Crippen molar-refractivity contribution in [1.82, 2.24) is 4.98 Å². The fourth-order valence-corrected chi connectivity index (χ4v) is 3.58. The van der Waals surface area contributed by atoms with Crippen molar-refractivity contribution in [3.8, 4) is 0 Å². The van der Waals surface area contributed by atoms with Gasteiger partial charge in [0.1, 0.15) is 0 Å². The SMILES string of the molecule is NCc1ccc(Br)cc1Sc1cc2ccccc2[nH]1. The Morgan fingerprint density at radius 3 is 2.74 bits per heavy atom. The van der Waals surface area contributed by atoms with Crippen LogP contribution in [0, 0.1) is 0 Å². The van der Waals surface area contributed by atoms with Crippen LogP contribution in [-0.2, 0) is 6.54 Å². The molecule has 19 heavy (non-hydrogen) atoms. The highest BCUT2D eigenvalue weighted by atomic mass is 79.9. The zero-order valence-corrected chi connectivity index (χ0v) is 12.6. The molecule has 0 aliphatic heterocycles. The second-order valence-electron chi connectivity index (χ2n) is 4.28. The van der Waals surface area contributed by atoms with Crippen LogP contribution in [0.25, 0.3) is 10.9 Å². The van der Waals surface area contributed by atoms with Gasteiger partial charge in [0.15, 0.2) is 0 Å². The van der Waals surface area contributed by atoms with E-state index in [1.807, 2.05) is 12.1 Å². The number of H-pyrrole nitrogens is 1. The maximum atomic E-state index is 5.79. The van der Waals surface area contributed by atoms with Crippen molar-refractivity contribution in [2.75, 3.05) is 0 Å². The smallest absolute Gasteiger partial charge is 0.0781 e. The van der Waals surface area contributed by atoms with Crippen LogP contribution in [0.5, 0.6) is 0 Å². The maximum Gasteiger partial charge on any atom is 0.0781 e. The molecule has 96 valence electrons. The molecule has 0 aliphatic rings. The first kappa shape index (κ1) is 12.8. The van der Waals surface area contributed by atoms with Crippen LogP contribution in [0.15, 0.2) is 62.9 Å². The van der Waals surface area contributed by atoms with Gasteiger partial charge in [-0.2, -0.15) is 0 Å². The number of hydrogen-bond donors (Lipinski definition) is 2. The Morgan fingerprint density at radius 2 is 1.95 bits per heavy atom. The van der Waals surface area contributed by atoms with Crippen LogP contribution in [-0.4, -0.2) is 4.98 Å². The lowest BCUT2D eigenvalue weighted by atomic mass is 10.2. The van der Waals surface area contributed by atoms with Crippen molar-refractivity contribution < 1.29 is 0 Å². The minimum Gasteiger partial charge on any atom is -0.349 e. The molecule has 0 amide bonds. The lowest BCUT2D eigenvalue weighted by Crippen LogP contribution is -1.98. The highest BCUT2D eigenvalue weighted by Gasteiger charge is 2.06. The van der Waals surface area contributed by atoms with Gasteiger partial charge < -0.3 is 10.7 Å². The predicted octanol–water partition coefficient (Wildman–Crippen LogP) is 4.54. The molecule has 1 aromatic heterocycles. The Kier molecular flexibility index (Phi) is 3.64. The summed E-state index contributed by atoms with van der Waals surface area (Å²) in [5.74, 6) is 0. The number of rotatable bonds is 3. The van der Waals surface area contributed by atoms with E-state index < -0.39 is 0 Å². The minimum atomic E-state index is 0.551. The van der Waals surface area contributed by atoms with E-state index >= 15 is 0 Å². The number of aromatic nitrogens is 1. The zero-order valence-electron chi connectivity index (χ0n) is 10.2. The summed E-state index contributed by atoms with van der Waals surface area (Å²) in [6.45, 7) is 0.551. The van der Waals surface area contributed by atoms with E-state index in [1.54, 1.807) is 11.8 Å². The lowest BCUT2D eigenvalue weighted by molar-refractivity contribution is 1.02. The average Bonchev–Trinajstić information content (AvgIpc) is 2.81. The molecule has 0 atom stereocenters. The third-order valence-corrected chi connectivity index (χ3v) is 4.51. The van der Waals surface area contributed by atoms with E-state index in [2.05, 4.69) is 57.3 Å². The van der Waals surface area contributed by atoms with Crippen molar-refractivity contribution in [2.24, 2.45) is 5.73 Å². The maximum absolute atomic E-state index is 5.79. The van der Waals surface area contributed by atoms with Gasteiger partial charge in [0.05, 0.1) is 5.03 Å². The molecule has 0 saturated carbocycles. The van der Waals surface area contributed by atoms with E-state index in [9.17, 15) is 0 Å². The van der Waals surface area contributed by atoms with Crippen LogP contribution in [0.1, 0.15) is 5.56 Å². The molecular weight excluding hydrogens is 320 g/mol. The molecule has 2 aromatic carbocycles. The molecule has 0 radical (unpaired) electrons. The van der Waals surface area contributed by atoms with Crippen LogP contribution in [0.2, 0.25) is 0 Å². The third kappa shape index (κ3) is 2.71. The summed E-state index contributed by atoms with van der Waals surface area (Å²) in [5.41, 5.74) is 8.11. The first-order valence-electron chi connectivity index (χ1n) is 6.00. The number of aromatic amines is 1. The summed E-state index contributed by atoms with van der Waals surface area (Å²) in [6.07, 6.45) is 0. The summed E-state index contributed by atoms with van der Waals surface area (Å²) < 4.78 is 1.07. The minimum absolute atomic E-state index is 0.551. The molecular formula is C15H13BrN2S. The second-order valence-corrected chi connectivity index (χ2v) is 6.28. The van der Waals surface area contributed by atoms with Crippen LogP contribution in [0.4, 0.5) is 0 Å². The number of benzene rings is 2. The van der Waals surface area contributed by atoms with Crippen LogP contribution in [0.3, 0.4) is 0 Å². The Bertz CT molecular complexity index is 688. The lowest BCUT2D eigenvalue weighted by Gasteiger charge is -2.06. The molecule has 4 heteroatoms. The summed E-state index contributed by atoms with van der Waals surface area (Å²) in [4.78, 5) is 4.61. The Balaban J connectivity index is 1.98. The van der Waals surface area contributed by atoms with Crippen molar-refractivity contribution in [3.63, 3.8) is 0 Å². The molecule has 3 aromatic rings. The predicted molar refractivity (Wildman–Crippen MR) is 84.5 cm³/mol. The first-order valence-corrected chi connectivity index (χ1v) is 7.61. The summed E-state index contributed by atoms with van der Waals surface area (Å²) in [6, 6.07) is 16.7. The van der Waals surface area contributed by atoms with Crippen molar-refractivity contribution >= 4 is 38.6 Å². The van der Waals surface area contributed by atoms with Gasteiger partial charge in [0.25, 0.3) is 0 Å². The highest BCUT2D eigenvalue weighted by Crippen LogP contribution is 2.33. The van der Waals surface area contributed by atoms with E-state index in [-0.39, 0.29) is 0 Å². The molecule has 3 rings (SSSR count). The zero-order chi connectivity index (χ0) is 13.2.